The number of fused-ring (bicyclic) bond motifs is 3. The van der Waals surface area contributed by atoms with Crippen molar-refractivity contribution in [3.05, 3.63) is 106 Å². The largest absolute Gasteiger partial charge is 0.497 e. The van der Waals surface area contributed by atoms with Crippen LogP contribution in [0.3, 0.4) is 0 Å². The zero-order chi connectivity index (χ0) is 23.4. The molecule has 1 aliphatic heterocycles. The highest BCUT2D eigenvalue weighted by molar-refractivity contribution is 6.06. The molecular weight excluding hydrogens is 428 g/mol. The number of hydrogen-bond donors (Lipinski definition) is 0. The van der Waals surface area contributed by atoms with Crippen LogP contribution in [-0.2, 0) is 11.3 Å². The van der Waals surface area contributed by atoms with Crippen molar-refractivity contribution in [2.24, 2.45) is 0 Å². The minimum absolute atomic E-state index is 0.0182. The molecule has 34 heavy (non-hydrogen) atoms. The number of amides is 1. The third-order valence-electron chi connectivity index (χ3n) is 6.58. The van der Waals surface area contributed by atoms with Gasteiger partial charge in [-0.1, -0.05) is 30.3 Å². The highest BCUT2D eigenvalue weighted by atomic mass is 16.5. The van der Waals surface area contributed by atoms with E-state index in [2.05, 4.69) is 0 Å². The summed E-state index contributed by atoms with van der Waals surface area (Å²) < 4.78 is 12.9. The van der Waals surface area contributed by atoms with E-state index in [9.17, 15) is 9.59 Å². The zero-order valence-electron chi connectivity index (χ0n) is 18.8. The van der Waals surface area contributed by atoms with E-state index < -0.39 is 6.04 Å². The maximum atomic E-state index is 13.9. The molecule has 0 bridgehead atoms. The molecule has 6 rings (SSSR count). The molecule has 1 atom stereocenters. The summed E-state index contributed by atoms with van der Waals surface area (Å²) in [5, 5.41) is 1.97. The van der Waals surface area contributed by atoms with Gasteiger partial charge in [-0.3, -0.25) is 4.79 Å². The molecule has 0 saturated heterocycles. The van der Waals surface area contributed by atoms with Gasteiger partial charge < -0.3 is 18.6 Å². The molecule has 0 N–H and O–H groups in total. The predicted octanol–water partition coefficient (Wildman–Crippen LogP) is 5.20. The molecule has 2 aromatic heterocycles. The SMILES string of the molecule is COc1ccc2c(c1)C(n1ccc3ccccc31)C(=O)N2Cc1ccc2c(C)cc(=O)oc2c1. The van der Waals surface area contributed by atoms with E-state index in [0.29, 0.717) is 17.9 Å². The Balaban J connectivity index is 1.46. The second-order valence-electron chi connectivity index (χ2n) is 8.61. The van der Waals surface area contributed by atoms with E-state index in [4.69, 9.17) is 9.15 Å². The fourth-order valence-electron chi connectivity index (χ4n) is 4.94. The number of carbonyl (C=O) groups is 1. The number of para-hydroxylation sites is 1. The molecule has 0 aliphatic carbocycles. The second-order valence-corrected chi connectivity index (χ2v) is 8.61. The van der Waals surface area contributed by atoms with Gasteiger partial charge in [0.2, 0.25) is 0 Å². The quantitative estimate of drug-likeness (QED) is 0.353. The van der Waals surface area contributed by atoms with Crippen molar-refractivity contribution < 1.29 is 13.9 Å². The number of aryl methyl sites for hydroxylation is 1. The molecule has 6 nitrogen and oxygen atoms in total. The monoisotopic (exact) mass is 450 g/mol. The Hall–Kier alpha value is -4.32. The van der Waals surface area contributed by atoms with Crippen LogP contribution in [0.4, 0.5) is 5.69 Å². The summed E-state index contributed by atoms with van der Waals surface area (Å²) in [4.78, 5) is 27.5. The maximum Gasteiger partial charge on any atom is 0.336 e. The van der Waals surface area contributed by atoms with Gasteiger partial charge in [-0.05, 0) is 59.8 Å². The normalized spacial score (nSPS) is 15.3. The summed E-state index contributed by atoms with van der Waals surface area (Å²) in [5.74, 6) is 0.688. The molecule has 1 unspecified atom stereocenters. The number of anilines is 1. The summed E-state index contributed by atoms with van der Waals surface area (Å²) in [7, 11) is 1.63. The van der Waals surface area contributed by atoms with Crippen molar-refractivity contribution in [3.63, 3.8) is 0 Å². The van der Waals surface area contributed by atoms with Crippen molar-refractivity contribution in [3.8, 4) is 5.75 Å². The number of methoxy groups -OCH3 is 1. The molecule has 1 aliphatic rings. The molecule has 1 amide bonds. The molecule has 0 spiro atoms. The number of aromatic nitrogens is 1. The lowest BCUT2D eigenvalue weighted by molar-refractivity contribution is -0.119. The minimum Gasteiger partial charge on any atom is -0.497 e. The van der Waals surface area contributed by atoms with Gasteiger partial charge >= 0.3 is 5.63 Å². The van der Waals surface area contributed by atoms with Crippen LogP contribution in [-0.4, -0.2) is 17.6 Å². The number of nitrogens with zero attached hydrogens (tertiary/aromatic N) is 2. The van der Waals surface area contributed by atoms with Gasteiger partial charge in [0.1, 0.15) is 17.4 Å². The van der Waals surface area contributed by atoms with E-state index in [1.165, 1.54) is 6.07 Å². The van der Waals surface area contributed by atoms with Gasteiger partial charge in [0.05, 0.1) is 19.3 Å². The molecule has 0 saturated carbocycles. The van der Waals surface area contributed by atoms with Gasteiger partial charge in [0.25, 0.3) is 5.91 Å². The predicted molar refractivity (Wildman–Crippen MR) is 131 cm³/mol. The lowest BCUT2D eigenvalue weighted by Gasteiger charge is -2.19. The topological polar surface area (TPSA) is 64.7 Å². The van der Waals surface area contributed by atoms with E-state index in [0.717, 1.165) is 38.7 Å². The number of benzene rings is 3. The van der Waals surface area contributed by atoms with Gasteiger partial charge in [-0.25, -0.2) is 4.79 Å². The van der Waals surface area contributed by atoms with E-state index in [1.54, 1.807) is 12.0 Å². The number of rotatable bonds is 4. The highest BCUT2D eigenvalue weighted by Crippen LogP contribution is 2.42. The van der Waals surface area contributed by atoms with Gasteiger partial charge in [0.15, 0.2) is 0 Å². The van der Waals surface area contributed by atoms with Crippen LogP contribution in [0.2, 0.25) is 0 Å². The highest BCUT2D eigenvalue weighted by Gasteiger charge is 2.39. The van der Waals surface area contributed by atoms with Crippen LogP contribution in [0, 0.1) is 6.92 Å². The van der Waals surface area contributed by atoms with Gasteiger partial charge in [-0.2, -0.15) is 0 Å². The van der Waals surface area contributed by atoms with Crippen molar-refractivity contribution in [2.75, 3.05) is 12.0 Å². The van der Waals surface area contributed by atoms with Crippen LogP contribution < -0.4 is 15.3 Å². The average molecular weight is 450 g/mol. The maximum absolute atomic E-state index is 13.9. The standard InChI is InChI=1S/C28H22N2O4/c1-17-13-26(31)34-25-14-18(7-9-21(17)25)16-30-24-10-8-20(33-2)15-22(24)27(28(30)32)29-12-11-19-5-3-4-6-23(19)29/h3-15,27H,16H2,1-2H3. The molecule has 0 fully saturated rings. The molecule has 0 radical (unpaired) electrons. The smallest absolute Gasteiger partial charge is 0.336 e. The first-order valence-electron chi connectivity index (χ1n) is 11.1. The Morgan fingerprint density at radius 3 is 2.68 bits per heavy atom. The van der Waals surface area contributed by atoms with E-state index in [1.807, 2.05) is 84.4 Å². The molecule has 3 aromatic carbocycles. The lowest BCUT2D eigenvalue weighted by Crippen LogP contribution is -2.30. The van der Waals surface area contributed by atoms with Crippen LogP contribution in [0.25, 0.3) is 21.9 Å². The van der Waals surface area contributed by atoms with Crippen molar-refractivity contribution in [1.82, 2.24) is 4.57 Å². The third kappa shape index (κ3) is 3.10. The minimum atomic E-state index is -0.495. The van der Waals surface area contributed by atoms with Gasteiger partial charge in [0, 0.05) is 28.7 Å². The van der Waals surface area contributed by atoms with Crippen LogP contribution in [0.1, 0.15) is 22.7 Å². The second kappa shape index (κ2) is 7.63. The zero-order valence-corrected chi connectivity index (χ0v) is 18.8. The average Bonchev–Trinajstić information content (AvgIpc) is 3.37. The van der Waals surface area contributed by atoms with Crippen molar-refractivity contribution in [2.45, 2.75) is 19.5 Å². The number of hydrogen-bond acceptors (Lipinski definition) is 4. The first-order chi connectivity index (χ1) is 16.5. The van der Waals surface area contributed by atoms with Crippen molar-refractivity contribution >= 4 is 33.5 Å². The summed E-state index contributed by atoms with van der Waals surface area (Å²) in [5.41, 5.74) is 4.64. The Bertz CT molecular complexity index is 1650. The first-order valence-corrected chi connectivity index (χ1v) is 11.1. The summed E-state index contributed by atoms with van der Waals surface area (Å²) in [6.45, 7) is 2.25. The fraction of sp³-hybridized carbons (Fsp3) is 0.143. The van der Waals surface area contributed by atoms with Crippen LogP contribution >= 0.6 is 0 Å². The molecule has 168 valence electrons. The fourth-order valence-corrected chi connectivity index (χ4v) is 4.94. The lowest BCUT2D eigenvalue weighted by atomic mass is 10.1. The van der Waals surface area contributed by atoms with Crippen molar-refractivity contribution in [1.29, 1.82) is 0 Å². The Morgan fingerprint density at radius 1 is 0.971 bits per heavy atom. The van der Waals surface area contributed by atoms with E-state index in [-0.39, 0.29) is 11.5 Å². The van der Waals surface area contributed by atoms with Gasteiger partial charge in [-0.15, -0.1) is 0 Å². The summed E-state index contributed by atoms with van der Waals surface area (Å²) >= 11 is 0. The Morgan fingerprint density at radius 2 is 1.82 bits per heavy atom. The molecule has 6 heteroatoms. The van der Waals surface area contributed by atoms with Crippen LogP contribution in [0.5, 0.6) is 5.75 Å². The summed E-state index contributed by atoms with van der Waals surface area (Å²) in [6.07, 6.45) is 1.97. The molecular formula is C28H22N2O4. The van der Waals surface area contributed by atoms with Crippen LogP contribution in [0.15, 0.2) is 88.2 Å². The summed E-state index contributed by atoms with van der Waals surface area (Å²) in [6, 6.07) is 22.6. The first kappa shape index (κ1) is 20.3. The number of carbonyl (C=O) groups excluding carboxylic acids is 1. The third-order valence-corrected chi connectivity index (χ3v) is 6.58. The Kier molecular flexibility index (Phi) is 4.55. The molecule has 3 heterocycles. The van der Waals surface area contributed by atoms with E-state index >= 15 is 0 Å². The Labute approximate surface area is 195 Å². The molecule has 5 aromatic rings. The number of ether oxygens (including phenoxy) is 1.